The van der Waals surface area contributed by atoms with Crippen LogP contribution in [0.15, 0.2) is 65.3 Å². The molecule has 7 nitrogen and oxygen atoms in total. The third-order valence-electron chi connectivity index (χ3n) is 6.22. The quantitative estimate of drug-likeness (QED) is 0.128. The zero-order valence-electron chi connectivity index (χ0n) is 20.7. The number of carbonyl (C=O) groups excluding carboxylic acids is 1. The van der Waals surface area contributed by atoms with Gasteiger partial charge in [-0.2, -0.15) is 10.4 Å². The fraction of sp³-hybridized carbons (Fsp3) is 0.429. The second-order valence-corrected chi connectivity index (χ2v) is 9.22. The van der Waals surface area contributed by atoms with Crippen molar-refractivity contribution in [1.29, 1.82) is 5.26 Å². The highest BCUT2D eigenvalue weighted by molar-refractivity contribution is 6.33. The lowest BCUT2D eigenvalue weighted by molar-refractivity contribution is -0.137. The van der Waals surface area contributed by atoms with E-state index in [0.29, 0.717) is 22.9 Å². The third-order valence-corrected chi connectivity index (χ3v) is 6.52. The van der Waals surface area contributed by atoms with Gasteiger partial charge in [-0.05, 0) is 61.9 Å². The number of piperazine rings is 1. The molecule has 1 saturated heterocycles. The zero-order chi connectivity index (χ0) is 25.6. The first-order valence-corrected chi connectivity index (χ1v) is 12.9. The van der Waals surface area contributed by atoms with Crippen LogP contribution in [0.3, 0.4) is 0 Å². The Hall–Kier alpha value is -3.21. The van der Waals surface area contributed by atoms with Crippen molar-refractivity contribution in [1.82, 2.24) is 4.90 Å². The Morgan fingerprint density at radius 2 is 1.69 bits per heavy atom. The average Bonchev–Trinajstić information content (AvgIpc) is 2.92. The van der Waals surface area contributed by atoms with Gasteiger partial charge >= 0.3 is 5.97 Å². The fourth-order valence-electron chi connectivity index (χ4n) is 4.11. The molecule has 0 amide bonds. The fourth-order valence-corrected chi connectivity index (χ4v) is 4.32. The summed E-state index contributed by atoms with van der Waals surface area (Å²) in [6, 6.07) is 15.1. The van der Waals surface area contributed by atoms with Crippen LogP contribution in [-0.2, 0) is 9.53 Å². The first kappa shape index (κ1) is 27.4. The van der Waals surface area contributed by atoms with Gasteiger partial charge in [0.25, 0.3) is 0 Å². The number of nitrogens with zero attached hydrogens (tertiary/aromatic N) is 5. The first-order valence-electron chi connectivity index (χ1n) is 12.6. The standard InChI is InChI=1S/C28H34ClN5O2/c1-2-28(35)36-20-8-6-4-3-5-7-15-33-16-18-34(19-17-33)25-12-10-24(11-13-25)31-32-27-14-9-23(22-30)21-26(27)29/h2,9-14,21H,1,3-8,15-20H2. The number of anilines is 1. The van der Waals surface area contributed by atoms with Crippen LogP contribution >= 0.6 is 11.6 Å². The number of halogens is 1. The lowest BCUT2D eigenvalue weighted by Gasteiger charge is -2.36. The zero-order valence-corrected chi connectivity index (χ0v) is 21.5. The highest BCUT2D eigenvalue weighted by Crippen LogP contribution is 2.28. The van der Waals surface area contributed by atoms with Crippen molar-refractivity contribution in [2.75, 3.05) is 44.2 Å². The molecule has 1 fully saturated rings. The van der Waals surface area contributed by atoms with Crippen LogP contribution in [0.25, 0.3) is 0 Å². The van der Waals surface area contributed by atoms with Gasteiger partial charge in [0.05, 0.1) is 28.9 Å². The Bertz CT molecular complexity index is 1060. The Morgan fingerprint density at radius 3 is 2.36 bits per heavy atom. The molecule has 0 unspecified atom stereocenters. The topological polar surface area (TPSA) is 81.3 Å². The molecular formula is C28H34ClN5O2. The smallest absolute Gasteiger partial charge is 0.330 e. The van der Waals surface area contributed by atoms with E-state index in [2.05, 4.69) is 44.8 Å². The van der Waals surface area contributed by atoms with Crippen LogP contribution in [-0.4, -0.2) is 50.2 Å². The van der Waals surface area contributed by atoms with Crippen LogP contribution in [0, 0.1) is 11.3 Å². The molecule has 0 aliphatic carbocycles. The van der Waals surface area contributed by atoms with Gasteiger partial charge in [-0.15, -0.1) is 5.11 Å². The summed E-state index contributed by atoms with van der Waals surface area (Å²) in [7, 11) is 0. The van der Waals surface area contributed by atoms with Crippen molar-refractivity contribution in [3.63, 3.8) is 0 Å². The minimum Gasteiger partial charge on any atom is -0.463 e. The maximum absolute atomic E-state index is 11.0. The summed E-state index contributed by atoms with van der Waals surface area (Å²) in [5.74, 6) is -0.333. The van der Waals surface area contributed by atoms with Crippen molar-refractivity contribution < 1.29 is 9.53 Å². The van der Waals surface area contributed by atoms with Gasteiger partial charge < -0.3 is 9.64 Å². The molecule has 0 radical (unpaired) electrons. The molecule has 36 heavy (non-hydrogen) atoms. The Kier molecular flexibility index (Phi) is 11.4. The third kappa shape index (κ3) is 9.10. The largest absolute Gasteiger partial charge is 0.463 e. The first-order chi connectivity index (χ1) is 17.6. The monoisotopic (exact) mass is 507 g/mol. The molecule has 2 aromatic rings. The number of rotatable bonds is 13. The van der Waals surface area contributed by atoms with Crippen LogP contribution in [0.2, 0.25) is 5.02 Å². The van der Waals surface area contributed by atoms with E-state index >= 15 is 0 Å². The van der Waals surface area contributed by atoms with Crippen molar-refractivity contribution in [3.8, 4) is 6.07 Å². The molecule has 1 heterocycles. The molecule has 0 bridgehead atoms. The number of carbonyl (C=O) groups is 1. The van der Waals surface area contributed by atoms with Crippen molar-refractivity contribution in [3.05, 3.63) is 65.7 Å². The summed E-state index contributed by atoms with van der Waals surface area (Å²) < 4.78 is 4.99. The molecule has 1 aliphatic rings. The van der Waals surface area contributed by atoms with E-state index in [4.69, 9.17) is 21.6 Å². The average molecular weight is 508 g/mol. The number of hydrogen-bond acceptors (Lipinski definition) is 7. The molecule has 2 aromatic carbocycles. The van der Waals surface area contributed by atoms with E-state index < -0.39 is 0 Å². The van der Waals surface area contributed by atoms with E-state index in [0.717, 1.165) is 51.3 Å². The van der Waals surface area contributed by atoms with Gasteiger partial charge in [0.2, 0.25) is 0 Å². The number of benzene rings is 2. The highest BCUT2D eigenvalue weighted by Gasteiger charge is 2.16. The van der Waals surface area contributed by atoms with Crippen LogP contribution in [0.4, 0.5) is 17.1 Å². The molecule has 0 saturated carbocycles. The summed E-state index contributed by atoms with van der Waals surface area (Å²) >= 11 is 6.16. The minimum atomic E-state index is -0.333. The molecule has 1 aliphatic heterocycles. The Morgan fingerprint density at radius 1 is 1.00 bits per heavy atom. The van der Waals surface area contributed by atoms with Crippen LogP contribution in [0.1, 0.15) is 44.1 Å². The summed E-state index contributed by atoms with van der Waals surface area (Å²) in [4.78, 5) is 15.9. The van der Waals surface area contributed by atoms with Gasteiger partial charge in [0.1, 0.15) is 5.69 Å². The molecule has 0 N–H and O–H groups in total. The Labute approximate surface area is 219 Å². The second-order valence-electron chi connectivity index (χ2n) is 8.82. The highest BCUT2D eigenvalue weighted by atomic mass is 35.5. The van der Waals surface area contributed by atoms with Gasteiger partial charge in [0.15, 0.2) is 0 Å². The summed E-state index contributed by atoms with van der Waals surface area (Å²) in [6.45, 7) is 9.24. The van der Waals surface area contributed by atoms with Gasteiger partial charge in [-0.1, -0.05) is 43.9 Å². The summed E-state index contributed by atoms with van der Waals surface area (Å²) in [5, 5.41) is 17.8. The summed E-state index contributed by atoms with van der Waals surface area (Å²) in [5.41, 5.74) is 3.00. The summed E-state index contributed by atoms with van der Waals surface area (Å²) in [6.07, 6.45) is 8.14. The molecule has 8 heteroatoms. The molecule has 0 aromatic heterocycles. The predicted octanol–water partition coefficient (Wildman–Crippen LogP) is 6.82. The number of ether oxygens (including phenoxy) is 1. The predicted molar refractivity (Wildman–Crippen MR) is 144 cm³/mol. The van der Waals surface area contributed by atoms with E-state index in [1.54, 1.807) is 18.2 Å². The van der Waals surface area contributed by atoms with E-state index in [1.807, 2.05) is 12.1 Å². The maximum atomic E-state index is 11.0. The van der Waals surface area contributed by atoms with Crippen molar-refractivity contribution in [2.24, 2.45) is 10.2 Å². The number of azo groups is 1. The molecule has 0 atom stereocenters. The van der Waals surface area contributed by atoms with Crippen LogP contribution in [0.5, 0.6) is 0 Å². The lowest BCUT2D eigenvalue weighted by atomic mass is 10.1. The second kappa shape index (κ2) is 15.0. The van der Waals surface area contributed by atoms with Gasteiger partial charge in [0, 0.05) is 37.9 Å². The van der Waals surface area contributed by atoms with Crippen molar-refractivity contribution in [2.45, 2.75) is 38.5 Å². The normalized spacial score (nSPS) is 14.1. The number of unbranched alkanes of at least 4 members (excludes halogenated alkanes) is 5. The lowest BCUT2D eigenvalue weighted by Crippen LogP contribution is -2.46. The molecule has 190 valence electrons. The molecule has 3 rings (SSSR count). The molecule has 0 spiro atoms. The number of nitriles is 1. The van der Waals surface area contributed by atoms with Gasteiger partial charge in [-0.3, -0.25) is 4.90 Å². The Balaban J connectivity index is 1.31. The van der Waals surface area contributed by atoms with Gasteiger partial charge in [-0.25, -0.2) is 4.79 Å². The van der Waals surface area contributed by atoms with Crippen molar-refractivity contribution >= 4 is 34.6 Å². The van der Waals surface area contributed by atoms with E-state index in [1.165, 1.54) is 37.4 Å². The number of esters is 1. The number of hydrogen-bond donors (Lipinski definition) is 0. The maximum Gasteiger partial charge on any atom is 0.330 e. The SMILES string of the molecule is C=CC(=O)OCCCCCCCCN1CCN(c2ccc(N=Nc3ccc(C#N)cc3Cl)cc2)CC1. The van der Waals surface area contributed by atoms with E-state index in [-0.39, 0.29) is 5.97 Å². The molecular weight excluding hydrogens is 474 g/mol. The minimum absolute atomic E-state index is 0.333. The van der Waals surface area contributed by atoms with Crippen LogP contribution < -0.4 is 4.90 Å². The van der Waals surface area contributed by atoms with E-state index in [9.17, 15) is 4.79 Å².